The molecule has 0 aliphatic heterocycles. The maximum Gasteiger partial charge on any atom is 0.219 e. The zero-order valence-electron chi connectivity index (χ0n) is 10.4. The highest BCUT2D eigenvalue weighted by Crippen LogP contribution is 2.20. The standard InChI is InChI=1S/C11H20N4O/c1-5-15-9(4)11(8(3)14-15)13-7(2)6-10(12)16/h7,13H,5-6H2,1-4H3,(H2,12,16). The molecule has 5 nitrogen and oxygen atoms in total. The Morgan fingerprint density at radius 3 is 2.62 bits per heavy atom. The average molecular weight is 224 g/mol. The molecule has 0 aromatic carbocycles. The Labute approximate surface area is 96.0 Å². The topological polar surface area (TPSA) is 72.9 Å². The lowest BCUT2D eigenvalue weighted by Crippen LogP contribution is -2.24. The van der Waals surface area contributed by atoms with E-state index in [0.717, 1.165) is 23.6 Å². The largest absolute Gasteiger partial charge is 0.379 e. The summed E-state index contributed by atoms with van der Waals surface area (Å²) in [7, 11) is 0. The van der Waals surface area contributed by atoms with Crippen LogP contribution in [0, 0.1) is 13.8 Å². The molecule has 1 atom stereocenters. The van der Waals surface area contributed by atoms with E-state index in [1.54, 1.807) is 0 Å². The van der Waals surface area contributed by atoms with Gasteiger partial charge in [0.1, 0.15) is 0 Å². The minimum Gasteiger partial charge on any atom is -0.379 e. The number of rotatable bonds is 5. The van der Waals surface area contributed by atoms with Gasteiger partial charge in [0.25, 0.3) is 0 Å². The number of hydrogen-bond donors (Lipinski definition) is 2. The van der Waals surface area contributed by atoms with Crippen LogP contribution in [0.15, 0.2) is 0 Å². The van der Waals surface area contributed by atoms with Crippen LogP contribution < -0.4 is 11.1 Å². The van der Waals surface area contributed by atoms with Crippen molar-refractivity contribution in [1.82, 2.24) is 9.78 Å². The Hall–Kier alpha value is -1.52. The van der Waals surface area contributed by atoms with Crippen molar-refractivity contribution in [2.75, 3.05) is 5.32 Å². The number of amides is 1. The number of hydrogen-bond acceptors (Lipinski definition) is 3. The summed E-state index contributed by atoms with van der Waals surface area (Å²) in [5.74, 6) is -0.293. The second-order valence-corrected chi connectivity index (χ2v) is 4.08. The lowest BCUT2D eigenvalue weighted by atomic mass is 10.2. The fraction of sp³-hybridized carbons (Fsp3) is 0.636. The van der Waals surface area contributed by atoms with E-state index in [4.69, 9.17) is 5.73 Å². The molecule has 0 spiro atoms. The predicted octanol–water partition coefficient (Wildman–Crippen LogP) is 1.20. The van der Waals surface area contributed by atoms with Crippen molar-refractivity contribution in [3.63, 3.8) is 0 Å². The second-order valence-electron chi connectivity index (χ2n) is 4.08. The van der Waals surface area contributed by atoms with Gasteiger partial charge in [-0.1, -0.05) is 0 Å². The van der Waals surface area contributed by atoms with Gasteiger partial charge >= 0.3 is 0 Å². The van der Waals surface area contributed by atoms with Gasteiger partial charge in [-0.3, -0.25) is 9.48 Å². The van der Waals surface area contributed by atoms with Gasteiger partial charge in [0.2, 0.25) is 5.91 Å². The number of nitrogens with two attached hydrogens (primary N) is 1. The van der Waals surface area contributed by atoms with E-state index < -0.39 is 0 Å². The van der Waals surface area contributed by atoms with Crippen molar-refractivity contribution in [3.05, 3.63) is 11.4 Å². The molecule has 90 valence electrons. The lowest BCUT2D eigenvalue weighted by molar-refractivity contribution is -0.118. The third-order valence-corrected chi connectivity index (χ3v) is 2.58. The van der Waals surface area contributed by atoms with Crippen molar-refractivity contribution in [2.24, 2.45) is 5.73 Å². The Kier molecular flexibility index (Phi) is 3.93. The Morgan fingerprint density at radius 2 is 2.19 bits per heavy atom. The Morgan fingerprint density at radius 1 is 1.56 bits per heavy atom. The first-order chi connectivity index (χ1) is 7.45. The summed E-state index contributed by atoms with van der Waals surface area (Å²) in [6.07, 6.45) is 0.330. The van der Waals surface area contributed by atoms with E-state index in [2.05, 4.69) is 17.3 Å². The molecule has 1 heterocycles. The summed E-state index contributed by atoms with van der Waals surface area (Å²) in [5.41, 5.74) is 8.21. The molecule has 0 fully saturated rings. The van der Waals surface area contributed by atoms with E-state index in [0.29, 0.717) is 6.42 Å². The normalized spacial score (nSPS) is 12.5. The quantitative estimate of drug-likeness (QED) is 0.789. The summed E-state index contributed by atoms with van der Waals surface area (Å²) in [6.45, 7) is 8.81. The van der Waals surface area contributed by atoms with Crippen LogP contribution in [0.4, 0.5) is 5.69 Å². The van der Waals surface area contributed by atoms with Gasteiger partial charge in [0.05, 0.1) is 17.1 Å². The molecule has 1 unspecified atom stereocenters. The van der Waals surface area contributed by atoms with Crippen LogP contribution in [0.1, 0.15) is 31.7 Å². The van der Waals surface area contributed by atoms with Crippen LogP contribution >= 0.6 is 0 Å². The smallest absolute Gasteiger partial charge is 0.219 e. The van der Waals surface area contributed by atoms with Crippen LogP contribution in [0.3, 0.4) is 0 Å². The summed E-state index contributed by atoms with van der Waals surface area (Å²) >= 11 is 0. The fourth-order valence-electron chi connectivity index (χ4n) is 1.81. The monoisotopic (exact) mass is 224 g/mol. The molecule has 0 aliphatic rings. The van der Waals surface area contributed by atoms with Crippen LogP contribution in [0.5, 0.6) is 0 Å². The SMILES string of the molecule is CCn1nc(C)c(NC(C)CC(N)=O)c1C. The van der Waals surface area contributed by atoms with Gasteiger partial charge in [-0.15, -0.1) is 0 Å². The summed E-state index contributed by atoms with van der Waals surface area (Å²) < 4.78 is 1.94. The van der Waals surface area contributed by atoms with Crippen molar-refractivity contribution in [3.8, 4) is 0 Å². The first kappa shape index (κ1) is 12.5. The first-order valence-corrected chi connectivity index (χ1v) is 5.54. The molecule has 5 heteroatoms. The number of primary amides is 1. The summed E-state index contributed by atoms with van der Waals surface area (Å²) in [6, 6.07) is 0.0319. The van der Waals surface area contributed by atoms with Gasteiger partial charge < -0.3 is 11.1 Å². The molecule has 1 aromatic heterocycles. The van der Waals surface area contributed by atoms with Gasteiger partial charge in [-0.05, 0) is 27.7 Å². The Balaban J connectivity index is 2.80. The number of aromatic nitrogens is 2. The van der Waals surface area contributed by atoms with E-state index in [1.165, 1.54) is 0 Å². The summed E-state index contributed by atoms with van der Waals surface area (Å²) in [5, 5.41) is 7.68. The third kappa shape index (κ3) is 2.74. The van der Waals surface area contributed by atoms with E-state index in [9.17, 15) is 4.79 Å². The van der Waals surface area contributed by atoms with Gasteiger partial charge in [0, 0.05) is 19.0 Å². The highest BCUT2D eigenvalue weighted by Gasteiger charge is 2.13. The predicted molar refractivity (Wildman–Crippen MR) is 64.3 cm³/mol. The van der Waals surface area contributed by atoms with Gasteiger partial charge in [-0.2, -0.15) is 5.10 Å². The van der Waals surface area contributed by atoms with E-state index in [-0.39, 0.29) is 11.9 Å². The average Bonchev–Trinajstić information content (AvgIpc) is 2.44. The molecular formula is C11H20N4O. The van der Waals surface area contributed by atoms with Crippen molar-refractivity contribution in [1.29, 1.82) is 0 Å². The fourth-order valence-corrected chi connectivity index (χ4v) is 1.81. The van der Waals surface area contributed by atoms with Gasteiger partial charge in [-0.25, -0.2) is 0 Å². The first-order valence-electron chi connectivity index (χ1n) is 5.54. The van der Waals surface area contributed by atoms with Crippen LogP contribution in [0.25, 0.3) is 0 Å². The maximum absolute atomic E-state index is 10.8. The van der Waals surface area contributed by atoms with Crippen LogP contribution in [-0.2, 0) is 11.3 Å². The minimum atomic E-state index is -0.293. The third-order valence-electron chi connectivity index (χ3n) is 2.58. The number of anilines is 1. The molecule has 0 saturated carbocycles. The molecule has 0 bridgehead atoms. The molecule has 1 aromatic rings. The molecule has 0 radical (unpaired) electrons. The van der Waals surface area contributed by atoms with Gasteiger partial charge in [0.15, 0.2) is 0 Å². The van der Waals surface area contributed by atoms with Crippen LogP contribution in [-0.4, -0.2) is 21.7 Å². The number of carbonyl (C=O) groups excluding carboxylic acids is 1. The summed E-state index contributed by atoms with van der Waals surface area (Å²) in [4.78, 5) is 10.8. The molecular weight excluding hydrogens is 204 g/mol. The van der Waals surface area contributed by atoms with E-state index in [1.807, 2.05) is 25.5 Å². The van der Waals surface area contributed by atoms with Crippen molar-refractivity contribution in [2.45, 2.75) is 46.7 Å². The molecule has 16 heavy (non-hydrogen) atoms. The number of nitrogens with one attached hydrogen (secondary N) is 1. The highest BCUT2D eigenvalue weighted by atomic mass is 16.1. The minimum absolute atomic E-state index is 0.0319. The number of carbonyl (C=O) groups is 1. The zero-order chi connectivity index (χ0) is 12.3. The van der Waals surface area contributed by atoms with E-state index >= 15 is 0 Å². The molecule has 1 rings (SSSR count). The number of aryl methyl sites for hydroxylation is 2. The molecule has 1 amide bonds. The van der Waals surface area contributed by atoms with Crippen molar-refractivity contribution < 1.29 is 4.79 Å². The number of nitrogens with zero attached hydrogens (tertiary/aromatic N) is 2. The molecule has 0 saturated heterocycles. The lowest BCUT2D eigenvalue weighted by Gasteiger charge is -2.13. The Bertz CT molecular complexity index is 384. The molecule has 0 aliphatic carbocycles. The zero-order valence-corrected chi connectivity index (χ0v) is 10.4. The van der Waals surface area contributed by atoms with Crippen LogP contribution in [0.2, 0.25) is 0 Å². The maximum atomic E-state index is 10.8. The highest BCUT2D eigenvalue weighted by molar-refractivity contribution is 5.75. The van der Waals surface area contributed by atoms with Crippen molar-refractivity contribution >= 4 is 11.6 Å². The second kappa shape index (κ2) is 5.01. The molecule has 3 N–H and O–H groups in total.